The maximum absolute atomic E-state index is 6.07. The minimum atomic E-state index is 0.676. The zero-order chi connectivity index (χ0) is 35.1. The van der Waals surface area contributed by atoms with Gasteiger partial charge in [0.15, 0.2) is 5.82 Å². The van der Waals surface area contributed by atoms with E-state index in [1.165, 1.54) is 16.3 Å². The van der Waals surface area contributed by atoms with Crippen molar-refractivity contribution in [2.45, 2.75) is 0 Å². The number of nitrogens with zero attached hydrogens (tertiary/aromatic N) is 3. The third kappa shape index (κ3) is 5.82. The molecule has 0 saturated heterocycles. The van der Waals surface area contributed by atoms with Crippen molar-refractivity contribution in [3.05, 3.63) is 188 Å². The lowest BCUT2D eigenvalue weighted by atomic mass is 9.98. The van der Waals surface area contributed by atoms with E-state index in [0.29, 0.717) is 5.82 Å². The van der Waals surface area contributed by atoms with Crippen LogP contribution in [0, 0.1) is 0 Å². The van der Waals surface area contributed by atoms with Crippen LogP contribution in [0.15, 0.2) is 193 Å². The first-order chi connectivity index (χ1) is 26.2. The summed E-state index contributed by atoms with van der Waals surface area (Å²) in [6.07, 6.45) is 3.67. The zero-order valence-corrected chi connectivity index (χ0v) is 28.6. The second kappa shape index (κ2) is 12.9. The number of para-hydroxylation sites is 1. The lowest BCUT2D eigenvalue weighted by Crippen LogP contribution is -1.96. The Morgan fingerprint density at radius 2 is 0.887 bits per heavy atom. The Hall–Kier alpha value is -7.17. The molecular weight excluding hydrogens is 647 g/mol. The van der Waals surface area contributed by atoms with Crippen molar-refractivity contribution in [3.8, 4) is 67.3 Å². The summed E-state index contributed by atoms with van der Waals surface area (Å²) >= 11 is 0. The highest BCUT2D eigenvalue weighted by atomic mass is 16.3. The Balaban J connectivity index is 1.02. The molecule has 0 aliphatic rings. The van der Waals surface area contributed by atoms with Crippen LogP contribution in [-0.2, 0) is 0 Å². The molecule has 7 aromatic carbocycles. The minimum absolute atomic E-state index is 0.676. The maximum Gasteiger partial charge on any atom is 0.160 e. The molecule has 10 rings (SSSR count). The number of furan rings is 1. The first-order valence-corrected chi connectivity index (χ1v) is 17.7. The van der Waals surface area contributed by atoms with Gasteiger partial charge in [0.25, 0.3) is 0 Å². The van der Waals surface area contributed by atoms with Crippen molar-refractivity contribution in [2.75, 3.05) is 0 Å². The van der Waals surface area contributed by atoms with Gasteiger partial charge in [0.2, 0.25) is 0 Å². The summed E-state index contributed by atoms with van der Waals surface area (Å²) < 4.78 is 6.07. The lowest BCUT2D eigenvalue weighted by Gasteiger charge is -2.11. The number of fused-ring (bicyclic) bond motifs is 4. The summed E-state index contributed by atoms with van der Waals surface area (Å²) in [4.78, 5) is 14.5. The van der Waals surface area contributed by atoms with E-state index < -0.39 is 0 Å². The van der Waals surface area contributed by atoms with Crippen molar-refractivity contribution in [1.82, 2.24) is 15.0 Å². The maximum atomic E-state index is 6.07. The molecule has 10 aromatic rings. The van der Waals surface area contributed by atoms with Crippen LogP contribution in [-0.4, -0.2) is 15.0 Å². The van der Waals surface area contributed by atoms with Gasteiger partial charge < -0.3 is 4.42 Å². The molecule has 0 spiro atoms. The van der Waals surface area contributed by atoms with Crippen molar-refractivity contribution in [3.63, 3.8) is 0 Å². The predicted octanol–water partition coefficient (Wildman–Crippen LogP) is 12.9. The summed E-state index contributed by atoms with van der Waals surface area (Å²) in [5, 5.41) is 4.72. The quantitative estimate of drug-likeness (QED) is 0.176. The molecule has 0 unspecified atom stereocenters. The molecule has 0 amide bonds. The van der Waals surface area contributed by atoms with Crippen molar-refractivity contribution in [1.29, 1.82) is 0 Å². The van der Waals surface area contributed by atoms with Crippen molar-refractivity contribution in [2.24, 2.45) is 0 Å². The van der Waals surface area contributed by atoms with E-state index in [1.807, 2.05) is 24.4 Å². The molecule has 53 heavy (non-hydrogen) atoms. The number of pyridine rings is 1. The fraction of sp³-hybridized carbons (Fsp3) is 0. The molecule has 0 aliphatic carbocycles. The molecular formula is C49H31N3O. The second-order valence-corrected chi connectivity index (χ2v) is 13.3. The number of hydrogen-bond donors (Lipinski definition) is 0. The van der Waals surface area contributed by atoms with Gasteiger partial charge in [0.05, 0.1) is 11.4 Å². The average molecular weight is 678 g/mol. The summed E-state index contributed by atoms with van der Waals surface area (Å²) in [5.41, 5.74) is 13.3. The van der Waals surface area contributed by atoms with Crippen LogP contribution in [0.25, 0.3) is 100.0 Å². The predicted molar refractivity (Wildman–Crippen MR) is 217 cm³/mol. The van der Waals surface area contributed by atoms with E-state index >= 15 is 0 Å². The summed E-state index contributed by atoms with van der Waals surface area (Å²) in [6, 6.07) is 61.5. The van der Waals surface area contributed by atoms with Gasteiger partial charge in [0, 0.05) is 39.9 Å². The van der Waals surface area contributed by atoms with E-state index in [4.69, 9.17) is 14.4 Å². The van der Waals surface area contributed by atoms with Gasteiger partial charge in [-0.25, -0.2) is 9.97 Å². The average Bonchev–Trinajstić information content (AvgIpc) is 3.62. The number of benzene rings is 7. The highest BCUT2D eigenvalue weighted by Crippen LogP contribution is 2.35. The summed E-state index contributed by atoms with van der Waals surface area (Å²) in [6.45, 7) is 0. The molecule has 0 aliphatic heterocycles. The van der Waals surface area contributed by atoms with E-state index in [9.17, 15) is 0 Å². The van der Waals surface area contributed by atoms with Crippen LogP contribution in [0.2, 0.25) is 0 Å². The normalized spacial score (nSPS) is 11.4. The fourth-order valence-electron chi connectivity index (χ4n) is 7.16. The third-order valence-corrected chi connectivity index (χ3v) is 10.0. The van der Waals surface area contributed by atoms with Crippen molar-refractivity contribution < 1.29 is 4.42 Å². The summed E-state index contributed by atoms with van der Waals surface area (Å²) in [7, 11) is 0. The van der Waals surface area contributed by atoms with E-state index in [0.717, 1.165) is 77.8 Å². The molecule has 3 heterocycles. The van der Waals surface area contributed by atoms with Gasteiger partial charge >= 0.3 is 0 Å². The third-order valence-electron chi connectivity index (χ3n) is 10.0. The molecule has 0 atom stereocenters. The lowest BCUT2D eigenvalue weighted by molar-refractivity contribution is 0.669. The Kier molecular flexibility index (Phi) is 7.43. The van der Waals surface area contributed by atoms with Gasteiger partial charge in [-0.2, -0.15) is 0 Å². The first-order valence-electron chi connectivity index (χ1n) is 17.7. The summed E-state index contributed by atoms with van der Waals surface area (Å²) in [5.74, 6) is 0.676. The molecule has 4 heteroatoms. The second-order valence-electron chi connectivity index (χ2n) is 13.3. The minimum Gasteiger partial charge on any atom is -0.456 e. The van der Waals surface area contributed by atoms with Crippen LogP contribution < -0.4 is 0 Å². The molecule has 0 N–H and O–H groups in total. The monoisotopic (exact) mass is 677 g/mol. The Bertz CT molecular complexity index is 2910. The van der Waals surface area contributed by atoms with Gasteiger partial charge in [-0.15, -0.1) is 0 Å². The Morgan fingerprint density at radius 3 is 1.58 bits per heavy atom. The highest BCUT2D eigenvalue weighted by molar-refractivity contribution is 6.06. The van der Waals surface area contributed by atoms with Crippen LogP contribution in [0.5, 0.6) is 0 Å². The standard InChI is InChI=1S/C49H31N3O/c1-2-7-39-28-40(24-17-32(39)6-1)33-11-18-36(19-12-33)45-30-46(52-49(51-45)38-22-15-35(16-23-38)42-8-5-27-50-31-42)37-20-13-34(14-21-37)41-25-26-48-44(29-41)43-9-3-4-10-47(43)53-48/h1-31H. The van der Waals surface area contributed by atoms with Gasteiger partial charge in [-0.3, -0.25) is 4.98 Å². The number of rotatable bonds is 6. The molecule has 3 aromatic heterocycles. The van der Waals surface area contributed by atoms with E-state index in [1.54, 1.807) is 6.20 Å². The molecule has 0 radical (unpaired) electrons. The SMILES string of the molecule is c1cncc(-c2ccc(-c3nc(-c4ccc(-c5ccc6ccccc6c5)cc4)cc(-c4ccc(-c5ccc6oc7ccccc7c6c5)cc4)n3)cc2)c1. The smallest absolute Gasteiger partial charge is 0.160 e. The van der Waals surface area contributed by atoms with Crippen LogP contribution in [0.1, 0.15) is 0 Å². The Morgan fingerprint density at radius 1 is 0.340 bits per heavy atom. The Labute approximate surface area is 306 Å². The van der Waals surface area contributed by atoms with Crippen molar-refractivity contribution >= 4 is 32.7 Å². The van der Waals surface area contributed by atoms with Crippen LogP contribution in [0.4, 0.5) is 0 Å². The van der Waals surface area contributed by atoms with Gasteiger partial charge in [0.1, 0.15) is 11.2 Å². The largest absolute Gasteiger partial charge is 0.456 e. The molecule has 248 valence electrons. The van der Waals surface area contributed by atoms with Crippen LogP contribution in [0.3, 0.4) is 0 Å². The van der Waals surface area contributed by atoms with Gasteiger partial charge in [-0.05, 0) is 80.6 Å². The first kappa shape index (κ1) is 30.6. The topological polar surface area (TPSA) is 51.8 Å². The molecule has 4 nitrogen and oxygen atoms in total. The highest BCUT2D eigenvalue weighted by Gasteiger charge is 2.13. The van der Waals surface area contributed by atoms with E-state index in [-0.39, 0.29) is 0 Å². The van der Waals surface area contributed by atoms with Gasteiger partial charge in [-0.1, -0.05) is 140 Å². The fourth-order valence-corrected chi connectivity index (χ4v) is 7.16. The zero-order valence-electron chi connectivity index (χ0n) is 28.6. The molecule has 0 fully saturated rings. The van der Waals surface area contributed by atoms with Crippen LogP contribution >= 0.6 is 0 Å². The molecule has 0 bridgehead atoms. The number of hydrogen-bond acceptors (Lipinski definition) is 4. The number of aromatic nitrogens is 3. The molecule has 0 saturated carbocycles. The van der Waals surface area contributed by atoms with E-state index in [2.05, 4.69) is 163 Å².